The highest BCUT2D eigenvalue weighted by Crippen LogP contribution is 2.30. The minimum absolute atomic E-state index is 0.0513. The molecule has 3 aromatic rings. The normalized spacial score (nSPS) is 10.3. The lowest BCUT2D eigenvalue weighted by atomic mass is 10.1. The average molecular weight is 510 g/mol. The van der Waals surface area contributed by atoms with E-state index in [2.05, 4.69) is 32.5 Å². The van der Waals surface area contributed by atoms with Crippen molar-refractivity contribution in [2.24, 2.45) is 0 Å². The largest absolute Gasteiger partial charge is 0.396 e. The first-order valence-electron chi connectivity index (χ1n) is 10.8. The van der Waals surface area contributed by atoms with Gasteiger partial charge in [0.05, 0.1) is 17.6 Å². The van der Waals surface area contributed by atoms with Gasteiger partial charge in [0.15, 0.2) is 11.6 Å². The number of hydroxylamine groups is 1. The number of anilines is 6. The van der Waals surface area contributed by atoms with Crippen molar-refractivity contribution < 1.29 is 19.6 Å². The quantitative estimate of drug-likeness (QED) is 0.0728. The van der Waals surface area contributed by atoms with E-state index in [9.17, 15) is 14.4 Å². The third-order valence-corrected chi connectivity index (χ3v) is 5.19. The summed E-state index contributed by atoms with van der Waals surface area (Å²) in [6, 6.07) is 11.8. The highest BCUT2D eigenvalue weighted by molar-refractivity contribution is 6.33. The lowest BCUT2D eigenvalue weighted by molar-refractivity contribution is -0.129. The minimum Gasteiger partial charge on any atom is -0.396 e. The van der Waals surface area contributed by atoms with Crippen LogP contribution in [0.2, 0.25) is 5.02 Å². The molecule has 0 aliphatic heterocycles. The predicted octanol–water partition coefficient (Wildman–Crippen LogP) is 4.18. The van der Waals surface area contributed by atoms with E-state index in [1.165, 1.54) is 17.8 Å². The van der Waals surface area contributed by atoms with Gasteiger partial charge < -0.3 is 21.7 Å². The molecule has 0 aliphatic carbocycles. The number of ketones is 1. The molecule has 36 heavy (non-hydrogen) atoms. The molecule has 0 atom stereocenters. The molecule has 2 aromatic carbocycles. The van der Waals surface area contributed by atoms with Gasteiger partial charge in [-0.1, -0.05) is 24.2 Å². The van der Waals surface area contributed by atoms with Crippen LogP contribution in [0.4, 0.5) is 34.5 Å². The Morgan fingerprint density at radius 1 is 1.03 bits per heavy atom. The number of rotatable bonds is 11. The number of benzene rings is 2. The number of hydrogen-bond donors (Lipinski definition) is 6. The van der Waals surface area contributed by atoms with Gasteiger partial charge in [-0.25, -0.2) is 10.5 Å². The number of halogens is 1. The van der Waals surface area contributed by atoms with Crippen molar-refractivity contribution in [3.63, 3.8) is 0 Å². The van der Waals surface area contributed by atoms with Crippen molar-refractivity contribution in [2.75, 3.05) is 21.7 Å². The molecule has 0 unspecified atom stereocenters. The Labute approximate surface area is 211 Å². The van der Waals surface area contributed by atoms with Crippen LogP contribution < -0.4 is 27.2 Å². The molecule has 0 spiro atoms. The first-order chi connectivity index (χ1) is 17.3. The third kappa shape index (κ3) is 7.01. The van der Waals surface area contributed by atoms with Crippen LogP contribution in [0.3, 0.4) is 0 Å². The number of carbonyl (C=O) groups is 3. The molecule has 7 N–H and O–H groups in total. The Morgan fingerprint density at radius 3 is 2.42 bits per heavy atom. The molecule has 11 nitrogen and oxygen atoms in total. The summed E-state index contributed by atoms with van der Waals surface area (Å²) in [6.07, 6.45) is 3.10. The number of hydrogen-bond acceptors (Lipinski definition) is 9. The fourth-order valence-electron chi connectivity index (χ4n) is 3.10. The number of amides is 2. The summed E-state index contributed by atoms with van der Waals surface area (Å²) in [5.74, 6) is -0.571. The smallest absolute Gasteiger partial charge is 0.243 e. The first kappa shape index (κ1) is 26.1. The van der Waals surface area contributed by atoms with E-state index in [0.29, 0.717) is 29.0 Å². The highest BCUT2D eigenvalue weighted by Gasteiger charge is 2.13. The van der Waals surface area contributed by atoms with Crippen molar-refractivity contribution in [3.8, 4) is 0 Å². The monoisotopic (exact) mass is 509 g/mol. The summed E-state index contributed by atoms with van der Waals surface area (Å²) in [5, 5.41) is 17.5. The van der Waals surface area contributed by atoms with Gasteiger partial charge in [0, 0.05) is 29.8 Å². The molecule has 0 fully saturated rings. The standard InChI is InChI=1S/C24H24ClN7O4/c1-2-19(33)16-5-3-6-18(22(16)26)30-23-17(25)13-27-24(31-23)29-15-11-9-14(10-12-15)28-20(34)7-4-8-21(35)32-36/h2-3,5-6,9-13,36H,1,4,7-8,26H2,(H,28,34)(H,32,35)(H2,27,29,30,31). The number of aromatic nitrogens is 2. The van der Waals surface area contributed by atoms with E-state index >= 15 is 0 Å². The molecule has 0 saturated heterocycles. The van der Waals surface area contributed by atoms with Crippen LogP contribution in [0.1, 0.15) is 29.6 Å². The van der Waals surface area contributed by atoms with E-state index in [4.69, 9.17) is 22.5 Å². The SMILES string of the molecule is C=CC(=O)c1cccc(Nc2nc(Nc3ccc(NC(=O)CCCC(=O)NO)cc3)ncc2Cl)c1N. The predicted molar refractivity (Wildman–Crippen MR) is 138 cm³/mol. The molecule has 0 bridgehead atoms. The van der Waals surface area contributed by atoms with Crippen molar-refractivity contribution >= 4 is 63.7 Å². The van der Waals surface area contributed by atoms with E-state index in [1.807, 2.05) is 0 Å². The summed E-state index contributed by atoms with van der Waals surface area (Å²) < 4.78 is 0. The Morgan fingerprint density at radius 2 is 1.72 bits per heavy atom. The lowest BCUT2D eigenvalue weighted by Crippen LogP contribution is -2.19. The van der Waals surface area contributed by atoms with Crippen LogP contribution in [0.5, 0.6) is 0 Å². The molecule has 0 saturated carbocycles. The van der Waals surface area contributed by atoms with Crippen molar-refractivity contribution in [3.05, 3.63) is 71.9 Å². The minimum atomic E-state index is -0.541. The molecule has 186 valence electrons. The molecule has 0 radical (unpaired) electrons. The zero-order valence-electron chi connectivity index (χ0n) is 19.0. The van der Waals surface area contributed by atoms with Gasteiger partial charge >= 0.3 is 0 Å². The number of nitrogens with one attached hydrogen (secondary N) is 4. The number of nitrogens with zero attached hydrogens (tertiary/aromatic N) is 2. The first-order valence-corrected chi connectivity index (χ1v) is 11.1. The molecule has 3 rings (SSSR count). The Hall–Kier alpha value is -4.48. The van der Waals surface area contributed by atoms with Gasteiger partial charge in [0.2, 0.25) is 17.8 Å². The van der Waals surface area contributed by atoms with Crippen LogP contribution in [0, 0.1) is 0 Å². The third-order valence-electron chi connectivity index (χ3n) is 4.91. The maximum atomic E-state index is 12.0. The molecule has 12 heteroatoms. The molecule has 0 aliphatic rings. The van der Waals surface area contributed by atoms with Gasteiger partial charge in [-0.05, 0) is 48.9 Å². The number of nitrogen functional groups attached to an aromatic ring is 1. The number of allylic oxidation sites excluding steroid dienone is 1. The van der Waals surface area contributed by atoms with Gasteiger partial charge in [0.1, 0.15) is 5.02 Å². The fourth-order valence-corrected chi connectivity index (χ4v) is 3.23. The Bertz CT molecular complexity index is 1280. The topological polar surface area (TPSA) is 171 Å². The highest BCUT2D eigenvalue weighted by atomic mass is 35.5. The summed E-state index contributed by atoms with van der Waals surface area (Å²) in [4.78, 5) is 43.5. The van der Waals surface area contributed by atoms with E-state index in [-0.39, 0.29) is 47.0 Å². The Kier molecular flexibility index (Phi) is 8.92. The van der Waals surface area contributed by atoms with Crippen LogP contribution in [-0.2, 0) is 9.59 Å². The van der Waals surface area contributed by atoms with Crippen molar-refractivity contribution in [1.29, 1.82) is 0 Å². The van der Waals surface area contributed by atoms with Gasteiger partial charge in [-0.2, -0.15) is 4.98 Å². The van der Waals surface area contributed by atoms with E-state index in [1.54, 1.807) is 42.5 Å². The molecule has 1 heterocycles. The summed E-state index contributed by atoms with van der Waals surface area (Å²) in [5.41, 5.74) is 9.86. The fraction of sp³-hybridized carbons (Fsp3) is 0.125. The van der Waals surface area contributed by atoms with Crippen LogP contribution in [0.25, 0.3) is 0 Å². The number of para-hydroxylation sites is 1. The average Bonchev–Trinajstić information content (AvgIpc) is 2.87. The summed E-state index contributed by atoms with van der Waals surface area (Å²) >= 11 is 6.25. The second-order valence-electron chi connectivity index (χ2n) is 7.49. The summed E-state index contributed by atoms with van der Waals surface area (Å²) in [7, 11) is 0. The molecular weight excluding hydrogens is 486 g/mol. The second-order valence-corrected chi connectivity index (χ2v) is 7.90. The zero-order valence-corrected chi connectivity index (χ0v) is 19.8. The van der Waals surface area contributed by atoms with Gasteiger partial charge in [-0.15, -0.1) is 0 Å². The molecule has 2 amide bonds. The maximum absolute atomic E-state index is 12.0. The van der Waals surface area contributed by atoms with Crippen LogP contribution in [-0.4, -0.2) is 32.8 Å². The maximum Gasteiger partial charge on any atom is 0.243 e. The van der Waals surface area contributed by atoms with E-state index in [0.717, 1.165) is 0 Å². The number of nitrogens with two attached hydrogens (primary N) is 1. The second kappa shape index (κ2) is 12.3. The number of carbonyl (C=O) groups excluding carboxylic acids is 3. The van der Waals surface area contributed by atoms with Gasteiger partial charge in [-0.3, -0.25) is 19.6 Å². The van der Waals surface area contributed by atoms with Crippen molar-refractivity contribution in [2.45, 2.75) is 19.3 Å². The molecular formula is C24H24ClN7O4. The lowest BCUT2D eigenvalue weighted by Gasteiger charge is -2.13. The van der Waals surface area contributed by atoms with E-state index < -0.39 is 5.91 Å². The summed E-state index contributed by atoms with van der Waals surface area (Å²) in [6.45, 7) is 3.48. The Balaban J connectivity index is 1.65. The van der Waals surface area contributed by atoms with Crippen LogP contribution >= 0.6 is 11.6 Å². The van der Waals surface area contributed by atoms with Crippen molar-refractivity contribution in [1.82, 2.24) is 15.4 Å². The van der Waals surface area contributed by atoms with Gasteiger partial charge in [0.25, 0.3) is 0 Å². The zero-order chi connectivity index (χ0) is 26.1. The molecule has 1 aromatic heterocycles. The van der Waals surface area contributed by atoms with Crippen LogP contribution in [0.15, 0.2) is 61.3 Å².